The van der Waals surface area contributed by atoms with Gasteiger partial charge in [0.15, 0.2) is 0 Å². The average molecular weight is 385 g/mol. The van der Waals surface area contributed by atoms with E-state index in [0.717, 1.165) is 4.31 Å². The van der Waals surface area contributed by atoms with E-state index in [0.29, 0.717) is 16.3 Å². The summed E-state index contributed by atoms with van der Waals surface area (Å²) in [4.78, 5) is 10.2. The van der Waals surface area contributed by atoms with E-state index in [1.807, 2.05) is 0 Å². The van der Waals surface area contributed by atoms with Gasteiger partial charge in [-0.3, -0.25) is 10.1 Å². The second kappa shape index (κ2) is 7.81. The number of ether oxygens (including phenoxy) is 1. The first kappa shape index (κ1) is 19.2. The van der Waals surface area contributed by atoms with Crippen molar-refractivity contribution in [1.82, 2.24) is 4.31 Å². The van der Waals surface area contributed by atoms with Gasteiger partial charge in [-0.2, -0.15) is 4.31 Å². The molecule has 25 heavy (non-hydrogen) atoms. The summed E-state index contributed by atoms with van der Waals surface area (Å²) in [5.74, 6) is 0.585. The SMILES string of the molecule is Cc1cc([N+](=O)[O-])ccc1S(=O)(=O)N(C)CCOc1ccc(Cl)cc1. The first-order valence-corrected chi connectivity index (χ1v) is 9.13. The van der Waals surface area contributed by atoms with Crippen LogP contribution >= 0.6 is 11.6 Å². The van der Waals surface area contributed by atoms with Crippen molar-refractivity contribution >= 4 is 27.3 Å². The number of benzene rings is 2. The maximum atomic E-state index is 12.6. The molecule has 0 aliphatic carbocycles. The number of halogens is 1. The molecule has 0 bridgehead atoms. The van der Waals surface area contributed by atoms with Gasteiger partial charge in [-0.15, -0.1) is 0 Å². The number of nitrogens with zero attached hydrogens (tertiary/aromatic N) is 2. The lowest BCUT2D eigenvalue weighted by Crippen LogP contribution is -2.31. The van der Waals surface area contributed by atoms with Gasteiger partial charge in [0.1, 0.15) is 12.4 Å². The van der Waals surface area contributed by atoms with Crippen molar-refractivity contribution < 1.29 is 18.1 Å². The maximum Gasteiger partial charge on any atom is 0.269 e. The van der Waals surface area contributed by atoms with E-state index in [4.69, 9.17) is 16.3 Å². The van der Waals surface area contributed by atoms with E-state index < -0.39 is 14.9 Å². The molecule has 0 unspecified atom stereocenters. The summed E-state index contributed by atoms with van der Waals surface area (Å²) >= 11 is 5.78. The van der Waals surface area contributed by atoms with E-state index in [9.17, 15) is 18.5 Å². The Morgan fingerprint density at radius 1 is 1.20 bits per heavy atom. The molecule has 9 heteroatoms. The molecule has 2 rings (SSSR count). The number of sulfonamides is 1. The lowest BCUT2D eigenvalue weighted by molar-refractivity contribution is -0.385. The van der Waals surface area contributed by atoms with Crippen molar-refractivity contribution in [2.75, 3.05) is 20.2 Å². The molecule has 0 fully saturated rings. The van der Waals surface area contributed by atoms with Crippen molar-refractivity contribution in [3.05, 3.63) is 63.2 Å². The predicted molar refractivity (Wildman–Crippen MR) is 94.6 cm³/mol. The van der Waals surface area contributed by atoms with Gasteiger partial charge >= 0.3 is 0 Å². The highest BCUT2D eigenvalue weighted by atomic mass is 35.5. The average Bonchev–Trinajstić information content (AvgIpc) is 2.56. The van der Waals surface area contributed by atoms with Crippen molar-refractivity contribution in [3.8, 4) is 5.75 Å². The molecule has 0 aliphatic heterocycles. The summed E-state index contributed by atoms with van der Waals surface area (Å²) in [5, 5.41) is 11.3. The van der Waals surface area contributed by atoms with Crippen molar-refractivity contribution in [2.45, 2.75) is 11.8 Å². The van der Waals surface area contributed by atoms with Crippen LogP contribution in [0.25, 0.3) is 0 Å². The van der Waals surface area contributed by atoms with Gasteiger partial charge in [0.2, 0.25) is 10.0 Å². The number of non-ortho nitro benzene ring substituents is 1. The Morgan fingerprint density at radius 3 is 2.40 bits per heavy atom. The van der Waals surface area contributed by atoms with Crippen LogP contribution < -0.4 is 4.74 Å². The molecule has 0 amide bonds. The normalized spacial score (nSPS) is 11.5. The van der Waals surface area contributed by atoms with Gasteiger partial charge in [-0.05, 0) is 42.8 Å². The van der Waals surface area contributed by atoms with E-state index in [1.54, 1.807) is 24.3 Å². The number of hydrogen-bond acceptors (Lipinski definition) is 5. The Kier molecular flexibility index (Phi) is 5.99. The maximum absolute atomic E-state index is 12.6. The zero-order valence-corrected chi connectivity index (χ0v) is 15.2. The summed E-state index contributed by atoms with van der Waals surface area (Å²) in [6, 6.07) is 10.4. The van der Waals surface area contributed by atoms with Gasteiger partial charge in [0.05, 0.1) is 9.82 Å². The summed E-state index contributed by atoms with van der Waals surface area (Å²) in [5.41, 5.74) is 0.171. The van der Waals surface area contributed by atoms with E-state index in [1.165, 1.54) is 32.2 Å². The lowest BCUT2D eigenvalue weighted by Gasteiger charge is -2.18. The molecule has 0 saturated carbocycles. The van der Waals surface area contributed by atoms with Crippen molar-refractivity contribution in [1.29, 1.82) is 0 Å². The first-order valence-electron chi connectivity index (χ1n) is 7.31. The van der Waals surface area contributed by atoms with Gasteiger partial charge in [-0.1, -0.05) is 11.6 Å². The summed E-state index contributed by atoms with van der Waals surface area (Å²) in [6.45, 7) is 1.81. The Balaban J connectivity index is 2.05. The Labute approximate surface area is 151 Å². The van der Waals surface area contributed by atoms with E-state index in [-0.39, 0.29) is 23.7 Å². The lowest BCUT2D eigenvalue weighted by atomic mass is 10.2. The van der Waals surface area contributed by atoms with Gasteiger partial charge in [0, 0.05) is 30.7 Å². The molecule has 0 atom stereocenters. The number of nitro groups is 1. The fourth-order valence-electron chi connectivity index (χ4n) is 2.15. The summed E-state index contributed by atoms with van der Waals surface area (Å²) in [6.07, 6.45) is 0. The third-order valence-electron chi connectivity index (χ3n) is 3.55. The minimum absolute atomic E-state index is 0.0343. The molecule has 2 aromatic carbocycles. The highest BCUT2D eigenvalue weighted by molar-refractivity contribution is 7.89. The Morgan fingerprint density at radius 2 is 1.84 bits per heavy atom. The van der Waals surface area contributed by atoms with Crippen LogP contribution in [0, 0.1) is 17.0 Å². The molecule has 0 aliphatic rings. The Hall–Kier alpha value is -2.16. The highest BCUT2D eigenvalue weighted by Crippen LogP contribution is 2.23. The molecule has 0 N–H and O–H groups in total. The first-order chi connectivity index (χ1) is 11.7. The molecule has 0 heterocycles. The minimum atomic E-state index is -3.76. The van der Waals surface area contributed by atoms with E-state index in [2.05, 4.69) is 0 Å². The number of rotatable bonds is 7. The molecule has 2 aromatic rings. The molecule has 7 nitrogen and oxygen atoms in total. The second-order valence-corrected chi connectivity index (χ2v) is 7.79. The smallest absolute Gasteiger partial charge is 0.269 e. The largest absolute Gasteiger partial charge is 0.492 e. The highest BCUT2D eigenvalue weighted by Gasteiger charge is 2.24. The fraction of sp³-hybridized carbons (Fsp3) is 0.250. The van der Waals surface area contributed by atoms with Gasteiger partial charge in [-0.25, -0.2) is 8.42 Å². The Bertz CT molecular complexity index is 869. The monoisotopic (exact) mass is 384 g/mol. The molecular formula is C16H17ClN2O5S. The van der Waals surface area contributed by atoms with Crippen LogP contribution in [0.3, 0.4) is 0 Å². The topological polar surface area (TPSA) is 89.8 Å². The zero-order chi connectivity index (χ0) is 18.6. The van der Waals surface area contributed by atoms with Crippen molar-refractivity contribution in [2.24, 2.45) is 0 Å². The summed E-state index contributed by atoms with van der Waals surface area (Å²) in [7, 11) is -2.33. The van der Waals surface area contributed by atoms with Crippen molar-refractivity contribution in [3.63, 3.8) is 0 Å². The van der Waals surface area contributed by atoms with Gasteiger partial charge < -0.3 is 4.74 Å². The van der Waals surface area contributed by atoms with Crippen LogP contribution in [0.1, 0.15) is 5.56 Å². The second-order valence-electron chi connectivity index (χ2n) is 5.34. The van der Waals surface area contributed by atoms with Crippen LogP contribution in [-0.2, 0) is 10.0 Å². The van der Waals surface area contributed by atoms with Crippen LogP contribution in [0.4, 0.5) is 5.69 Å². The minimum Gasteiger partial charge on any atom is -0.492 e. The number of aryl methyl sites for hydroxylation is 1. The molecule has 134 valence electrons. The van der Waals surface area contributed by atoms with Crippen LogP contribution in [0.15, 0.2) is 47.4 Å². The third-order valence-corrected chi connectivity index (χ3v) is 5.82. The quantitative estimate of drug-likeness (QED) is 0.540. The van der Waals surface area contributed by atoms with Crippen LogP contribution in [0.2, 0.25) is 5.02 Å². The molecule has 0 aromatic heterocycles. The molecule has 0 spiro atoms. The molecular weight excluding hydrogens is 368 g/mol. The number of hydrogen-bond donors (Lipinski definition) is 0. The van der Waals surface area contributed by atoms with Gasteiger partial charge in [0.25, 0.3) is 5.69 Å². The summed E-state index contributed by atoms with van der Waals surface area (Å²) < 4.78 is 31.8. The molecule has 0 radical (unpaired) electrons. The van der Waals surface area contributed by atoms with Crippen LogP contribution in [-0.4, -0.2) is 37.8 Å². The predicted octanol–water partition coefficient (Wildman–Crippen LogP) is 3.26. The zero-order valence-electron chi connectivity index (χ0n) is 13.7. The molecule has 0 saturated heterocycles. The fourth-order valence-corrected chi connectivity index (χ4v) is 3.63. The number of likely N-dealkylation sites (N-methyl/N-ethyl adjacent to an activating group) is 1. The third kappa shape index (κ3) is 4.68. The standard InChI is InChI=1S/C16H17ClN2O5S/c1-12-11-14(19(20)21)5-8-16(12)25(22,23)18(2)9-10-24-15-6-3-13(17)4-7-15/h3-8,11H,9-10H2,1-2H3. The van der Waals surface area contributed by atoms with E-state index >= 15 is 0 Å². The van der Waals surface area contributed by atoms with Crippen LogP contribution in [0.5, 0.6) is 5.75 Å². The number of nitro benzene ring substituents is 1.